The molecule has 1 N–H and O–H groups in total. The van der Waals surface area contributed by atoms with Gasteiger partial charge in [0.1, 0.15) is 6.04 Å². The van der Waals surface area contributed by atoms with Crippen molar-refractivity contribution >= 4 is 52.4 Å². The van der Waals surface area contributed by atoms with Gasteiger partial charge in [0.15, 0.2) is 5.11 Å². The van der Waals surface area contributed by atoms with E-state index in [0.29, 0.717) is 27.9 Å². The van der Waals surface area contributed by atoms with Gasteiger partial charge in [0.2, 0.25) is 5.91 Å². The van der Waals surface area contributed by atoms with E-state index < -0.39 is 12.0 Å². The van der Waals surface area contributed by atoms with Crippen LogP contribution in [0.2, 0.25) is 5.02 Å². The van der Waals surface area contributed by atoms with Crippen LogP contribution in [-0.2, 0) is 20.9 Å². The Bertz CT molecular complexity index is 979. The van der Waals surface area contributed by atoms with Crippen molar-refractivity contribution in [3.63, 3.8) is 0 Å². The Labute approximate surface area is 184 Å². The Hall–Kier alpha value is -2.97. The predicted molar refractivity (Wildman–Crippen MR) is 117 cm³/mol. The molecule has 1 unspecified atom stereocenters. The zero-order valence-electron chi connectivity index (χ0n) is 16.4. The number of rotatable bonds is 6. The van der Waals surface area contributed by atoms with Gasteiger partial charge in [0.25, 0.3) is 5.91 Å². The molecule has 0 saturated carbocycles. The van der Waals surface area contributed by atoms with E-state index in [4.69, 9.17) is 23.8 Å². The SMILES string of the molecule is COC(=O)c1ccc(NC(=O)CC2C(=O)N(C)C(=S)N2Cc2ccc(Cl)cc2)cc1. The first kappa shape index (κ1) is 21.7. The second-order valence-electron chi connectivity index (χ2n) is 6.77. The van der Waals surface area contributed by atoms with Gasteiger partial charge in [-0.25, -0.2) is 4.79 Å². The average molecular weight is 446 g/mol. The summed E-state index contributed by atoms with van der Waals surface area (Å²) in [6, 6.07) is 12.8. The van der Waals surface area contributed by atoms with Crippen LogP contribution in [0.4, 0.5) is 5.69 Å². The molecular formula is C21H20ClN3O4S. The molecule has 1 saturated heterocycles. The van der Waals surface area contributed by atoms with Crippen molar-refractivity contribution in [2.24, 2.45) is 0 Å². The molecule has 2 amide bonds. The number of carbonyl (C=O) groups is 3. The fraction of sp³-hybridized carbons (Fsp3) is 0.238. The molecule has 30 heavy (non-hydrogen) atoms. The van der Waals surface area contributed by atoms with Gasteiger partial charge in [-0.15, -0.1) is 0 Å². The van der Waals surface area contributed by atoms with Crippen molar-refractivity contribution in [1.82, 2.24) is 9.80 Å². The first-order valence-corrected chi connectivity index (χ1v) is 9.89. The van der Waals surface area contributed by atoms with Gasteiger partial charge in [0, 0.05) is 24.3 Å². The summed E-state index contributed by atoms with van der Waals surface area (Å²) in [7, 11) is 2.90. The van der Waals surface area contributed by atoms with Crippen molar-refractivity contribution in [1.29, 1.82) is 0 Å². The lowest BCUT2D eigenvalue weighted by atomic mass is 10.1. The third kappa shape index (κ3) is 4.77. The summed E-state index contributed by atoms with van der Waals surface area (Å²) < 4.78 is 4.65. The Balaban J connectivity index is 1.69. The molecule has 1 aliphatic heterocycles. The van der Waals surface area contributed by atoms with Crippen LogP contribution < -0.4 is 5.32 Å². The summed E-state index contributed by atoms with van der Waals surface area (Å²) >= 11 is 11.3. The number of ether oxygens (including phenoxy) is 1. The number of hydrogen-bond acceptors (Lipinski definition) is 5. The van der Waals surface area contributed by atoms with E-state index in [0.717, 1.165) is 5.56 Å². The lowest BCUT2D eigenvalue weighted by Crippen LogP contribution is -2.37. The highest BCUT2D eigenvalue weighted by Gasteiger charge is 2.41. The number of methoxy groups -OCH3 is 1. The van der Waals surface area contributed by atoms with E-state index in [9.17, 15) is 14.4 Å². The molecule has 3 rings (SSSR count). The molecular weight excluding hydrogens is 426 g/mol. The Morgan fingerprint density at radius 2 is 1.77 bits per heavy atom. The zero-order chi connectivity index (χ0) is 21.8. The minimum Gasteiger partial charge on any atom is -0.465 e. The Kier molecular flexibility index (Phi) is 6.69. The van der Waals surface area contributed by atoms with Crippen LogP contribution in [0, 0.1) is 0 Å². The number of hydrogen-bond donors (Lipinski definition) is 1. The van der Waals surface area contributed by atoms with Gasteiger partial charge in [-0.05, 0) is 54.2 Å². The van der Waals surface area contributed by atoms with Crippen LogP contribution in [0.3, 0.4) is 0 Å². The number of nitrogens with one attached hydrogen (secondary N) is 1. The van der Waals surface area contributed by atoms with E-state index in [-0.39, 0.29) is 18.2 Å². The predicted octanol–water partition coefficient (Wildman–Crippen LogP) is 3.08. The first-order chi connectivity index (χ1) is 14.3. The molecule has 1 fully saturated rings. The minimum atomic E-state index is -0.701. The molecule has 2 aromatic rings. The molecule has 0 aromatic heterocycles. The third-order valence-corrected chi connectivity index (χ3v) is 5.52. The summed E-state index contributed by atoms with van der Waals surface area (Å²) in [6.45, 7) is 0.387. The number of thiocarbonyl (C=S) groups is 1. The molecule has 9 heteroatoms. The minimum absolute atomic E-state index is 0.0599. The number of nitrogens with zero attached hydrogens (tertiary/aromatic N) is 2. The maximum absolute atomic E-state index is 12.7. The highest BCUT2D eigenvalue weighted by atomic mass is 35.5. The second-order valence-corrected chi connectivity index (χ2v) is 7.57. The van der Waals surface area contributed by atoms with E-state index in [2.05, 4.69) is 10.1 Å². The van der Waals surface area contributed by atoms with E-state index in [1.54, 1.807) is 48.3 Å². The molecule has 1 atom stereocenters. The zero-order valence-corrected chi connectivity index (χ0v) is 18.0. The van der Waals surface area contributed by atoms with Gasteiger partial charge in [0.05, 0.1) is 19.1 Å². The molecule has 0 bridgehead atoms. The maximum atomic E-state index is 12.7. The van der Waals surface area contributed by atoms with Crippen LogP contribution in [0.15, 0.2) is 48.5 Å². The molecule has 1 aliphatic rings. The first-order valence-electron chi connectivity index (χ1n) is 9.11. The summed E-state index contributed by atoms with van der Waals surface area (Å²) in [5.74, 6) is -1.03. The summed E-state index contributed by atoms with van der Waals surface area (Å²) in [4.78, 5) is 39.9. The Morgan fingerprint density at radius 3 is 2.37 bits per heavy atom. The number of benzene rings is 2. The Morgan fingerprint density at radius 1 is 1.13 bits per heavy atom. The standard InChI is InChI=1S/C21H20ClN3O4S/c1-24-19(27)17(25(21(24)30)12-13-3-7-15(22)8-4-13)11-18(26)23-16-9-5-14(6-10-16)20(28)29-2/h3-10,17H,11-12H2,1-2H3,(H,23,26). The van der Waals surface area contributed by atoms with Gasteiger partial charge in [-0.1, -0.05) is 23.7 Å². The maximum Gasteiger partial charge on any atom is 0.337 e. The lowest BCUT2D eigenvalue weighted by Gasteiger charge is -2.23. The topological polar surface area (TPSA) is 78.9 Å². The highest BCUT2D eigenvalue weighted by molar-refractivity contribution is 7.80. The summed E-state index contributed by atoms with van der Waals surface area (Å²) in [6.07, 6.45) is -0.0599. The van der Waals surface area contributed by atoms with Gasteiger partial charge >= 0.3 is 5.97 Å². The van der Waals surface area contributed by atoms with Crippen LogP contribution in [0.1, 0.15) is 22.3 Å². The molecule has 7 nitrogen and oxygen atoms in total. The fourth-order valence-electron chi connectivity index (χ4n) is 3.13. The van der Waals surface area contributed by atoms with Gasteiger partial charge < -0.3 is 15.0 Å². The van der Waals surface area contributed by atoms with Crippen LogP contribution in [-0.4, -0.2) is 52.9 Å². The lowest BCUT2D eigenvalue weighted by molar-refractivity contribution is -0.130. The van der Waals surface area contributed by atoms with Crippen molar-refractivity contribution in [3.8, 4) is 0 Å². The largest absolute Gasteiger partial charge is 0.465 e. The van der Waals surface area contributed by atoms with Gasteiger partial charge in [-0.2, -0.15) is 0 Å². The highest BCUT2D eigenvalue weighted by Crippen LogP contribution is 2.23. The molecule has 0 radical (unpaired) electrons. The molecule has 2 aromatic carbocycles. The average Bonchev–Trinajstić information content (AvgIpc) is 2.93. The van der Waals surface area contributed by atoms with E-state index in [1.807, 2.05) is 12.1 Å². The quantitative estimate of drug-likeness (QED) is 0.543. The van der Waals surface area contributed by atoms with Crippen LogP contribution >= 0.6 is 23.8 Å². The molecule has 1 heterocycles. The van der Waals surface area contributed by atoms with E-state index in [1.165, 1.54) is 12.0 Å². The van der Waals surface area contributed by atoms with Gasteiger partial charge in [-0.3, -0.25) is 14.5 Å². The second kappa shape index (κ2) is 9.23. The monoisotopic (exact) mass is 445 g/mol. The molecule has 156 valence electrons. The number of carbonyl (C=O) groups excluding carboxylic acids is 3. The van der Waals surface area contributed by atoms with Crippen molar-refractivity contribution in [2.75, 3.05) is 19.5 Å². The van der Waals surface area contributed by atoms with Crippen LogP contribution in [0.5, 0.6) is 0 Å². The number of amides is 2. The number of esters is 1. The number of likely N-dealkylation sites (N-methyl/N-ethyl adjacent to an activating group) is 1. The van der Waals surface area contributed by atoms with Crippen molar-refractivity contribution < 1.29 is 19.1 Å². The summed E-state index contributed by atoms with van der Waals surface area (Å²) in [5, 5.41) is 3.73. The fourth-order valence-corrected chi connectivity index (χ4v) is 3.54. The number of halogens is 1. The van der Waals surface area contributed by atoms with Crippen molar-refractivity contribution in [3.05, 3.63) is 64.7 Å². The third-order valence-electron chi connectivity index (χ3n) is 4.76. The summed E-state index contributed by atoms with van der Waals surface area (Å²) in [5.41, 5.74) is 1.81. The van der Waals surface area contributed by atoms with Crippen molar-refractivity contribution in [2.45, 2.75) is 19.0 Å². The molecule has 0 spiro atoms. The van der Waals surface area contributed by atoms with Crippen LogP contribution in [0.25, 0.3) is 0 Å². The van der Waals surface area contributed by atoms with E-state index >= 15 is 0 Å². The smallest absolute Gasteiger partial charge is 0.337 e. The normalized spacial score (nSPS) is 16.0. The number of anilines is 1. The molecule has 0 aliphatic carbocycles.